The summed E-state index contributed by atoms with van der Waals surface area (Å²) in [5.41, 5.74) is 0. The number of aliphatic hydroxyl groups is 1. The highest BCUT2D eigenvalue weighted by molar-refractivity contribution is 7.46. The molecule has 0 aliphatic heterocycles. The number of carbonyl (C=O) groups excluding carboxylic acids is 2. The van der Waals surface area contributed by atoms with Gasteiger partial charge in [0.05, 0.1) is 12.7 Å². The fourth-order valence-electron chi connectivity index (χ4n) is 4.72. The molecule has 0 aromatic heterocycles. The lowest BCUT2D eigenvalue weighted by molar-refractivity contribution is -0.161. The topological polar surface area (TPSA) is 140 Å². The molecule has 0 aliphatic rings. The molecule has 10 heteroatoms. The van der Waals surface area contributed by atoms with E-state index < -0.39 is 45.2 Å². The normalized spacial score (nSPS) is 14.1. The third-order valence-corrected chi connectivity index (χ3v) is 8.02. The van der Waals surface area contributed by atoms with Crippen molar-refractivity contribution in [3.8, 4) is 0 Å². The predicted octanol–water partition coefficient (Wildman–Crippen LogP) is 9.95. The van der Waals surface area contributed by atoms with Crippen molar-refractivity contribution in [1.82, 2.24) is 0 Å². The number of esters is 2. The Labute approximate surface area is 302 Å². The first-order valence-electron chi connectivity index (χ1n) is 18.7. The minimum Gasteiger partial charge on any atom is -0.462 e. The number of ether oxygens (including phenoxy) is 2. The van der Waals surface area contributed by atoms with Crippen molar-refractivity contribution >= 4 is 19.8 Å². The van der Waals surface area contributed by atoms with Crippen LogP contribution in [-0.2, 0) is 28.2 Å². The van der Waals surface area contributed by atoms with Crippen molar-refractivity contribution < 1.29 is 43.0 Å². The maximum Gasteiger partial charge on any atom is 0.469 e. The molecule has 0 radical (unpaired) electrons. The Bertz CT molecular complexity index is 1070. The van der Waals surface area contributed by atoms with Crippen LogP contribution < -0.4 is 0 Å². The highest BCUT2D eigenvalue weighted by Gasteiger charge is 2.23. The number of rotatable bonds is 32. The minimum absolute atomic E-state index is 0.0882. The molecule has 0 aromatic carbocycles. The van der Waals surface area contributed by atoms with Gasteiger partial charge in [-0.2, -0.15) is 0 Å². The molecule has 3 N–H and O–H groups in total. The van der Waals surface area contributed by atoms with Crippen molar-refractivity contribution in [3.63, 3.8) is 0 Å². The van der Waals surface area contributed by atoms with Crippen LogP contribution in [0.3, 0.4) is 0 Å². The molecule has 0 rings (SSSR count). The van der Waals surface area contributed by atoms with Gasteiger partial charge in [0.25, 0.3) is 0 Å². The molecule has 1 unspecified atom stereocenters. The summed E-state index contributed by atoms with van der Waals surface area (Å²) in [4.78, 5) is 42.7. The molecule has 0 bridgehead atoms. The number of hydrogen-bond acceptors (Lipinski definition) is 7. The second kappa shape index (κ2) is 33.6. The minimum atomic E-state index is -4.81. The van der Waals surface area contributed by atoms with E-state index in [1.807, 2.05) is 12.2 Å². The zero-order chi connectivity index (χ0) is 37.1. The Morgan fingerprint density at radius 2 is 1.16 bits per heavy atom. The van der Waals surface area contributed by atoms with Crippen LogP contribution in [0.4, 0.5) is 0 Å². The molecular weight excluding hydrogens is 655 g/mol. The molecule has 9 nitrogen and oxygen atoms in total. The summed E-state index contributed by atoms with van der Waals surface area (Å²) in [6.45, 7) is 5.61. The first-order chi connectivity index (χ1) is 24.0. The van der Waals surface area contributed by atoms with Crippen LogP contribution in [0, 0.1) is 5.92 Å². The third kappa shape index (κ3) is 36.7. The van der Waals surface area contributed by atoms with Crippen LogP contribution in [0.1, 0.15) is 136 Å². The Kier molecular flexibility index (Phi) is 31.9. The van der Waals surface area contributed by atoms with Crippen LogP contribution in [0.15, 0.2) is 72.9 Å². The summed E-state index contributed by atoms with van der Waals surface area (Å²) < 4.78 is 26.1. The van der Waals surface area contributed by atoms with Gasteiger partial charge in [-0.3, -0.25) is 14.1 Å². The van der Waals surface area contributed by atoms with Gasteiger partial charge >= 0.3 is 19.8 Å². The van der Waals surface area contributed by atoms with Crippen LogP contribution in [0.2, 0.25) is 0 Å². The number of carbonyl (C=O) groups is 2. The van der Waals surface area contributed by atoms with Crippen LogP contribution in [0.5, 0.6) is 0 Å². The molecule has 2 atom stereocenters. The van der Waals surface area contributed by atoms with Crippen molar-refractivity contribution in [1.29, 1.82) is 0 Å². The van der Waals surface area contributed by atoms with Gasteiger partial charge < -0.3 is 24.4 Å². The summed E-state index contributed by atoms with van der Waals surface area (Å²) >= 11 is 0. The number of aliphatic hydroxyl groups excluding tert-OH is 1. The highest BCUT2D eigenvalue weighted by Crippen LogP contribution is 2.36. The molecule has 0 spiro atoms. The van der Waals surface area contributed by atoms with E-state index in [4.69, 9.17) is 19.3 Å². The molecule has 0 aromatic rings. The summed E-state index contributed by atoms with van der Waals surface area (Å²) in [6, 6.07) is 0. The maximum atomic E-state index is 12.3. The highest BCUT2D eigenvalue weighted by atomic mass is 31.2. The van der Waals surface area contributed by atoms with E-state index in [0.717, 1.165) is 57.3 Å². The molecule has 0 saturated heterocycles. The van der Waals surface area contributed by atoms with Crippen molar-refractivity contribution in [2.75, 3.05) is 13.2 Å². The Morgan fingerprint density at radius 1 is 0.640 bits per heavy atom. The largest absolute Gasteiger partial charge is 0.469 e. The molecule has 0 saturated carbocycles. The van der Waals surface area contributed by atoms with Crippen molar-refractivity contribution in [2.45, 2.75) is 149 Å². The number of allylic oxidation sites excluding steroid dienone is 11. The summed E-state index contributed by atoms with van der Waals surface area (Å²) in [6.07, 6.45) is 38.3. The van der Waals surface area contributed by atoms with E-state index in [9.17, 15) is 19.3 Å². The lowest BCUT2D eigenvalue weighted by atomic mass is 10.0. The SMILES string of the molecule is CC/C=C\C/C=C\C/C=C\C/C=C\C/C=C\C=C/C(O)CCC(=O)OC[C@H](COP(=O)(O)O)OC(=O)CCCCCCCCCCCC(C)C. The first kappa shape index (κ1) is 47.4. The Balaban J connectivity index is 4.24. The van der Waals surface area contributed by atoms with Gasteiger partial charge in [-0.05, 0) is 50.9 Å². The van der Waals surface area contributed by atoms with Gasteiger partial charge in [-0.25, -0.2) is 4.57 Å². The zero-order valence-corrected chi connectivity index (χ0v) is 31.9. The summed E-state index contributed by atoms with van der Waals surface area (Å²) in [7, 11) is -4.81. The fourth-order valence-corrected chi connectivity index (χ4v) is 5.09. The van der Waals surface area contributed by atoms with Crippen molar-refractivity contribution in [2.24, 2.45) is 5.92 Å². The lowest BCUT2D eigenvalue weighted by Crippen LogP contribution is -2.29. The number of hydrogen-bond donors (Lipinski definition) is 3. The van der Waals surface area contributed by atoms with E-state index in [0.29, 0.717) is 6.42 Å². The van der Waals surface area contributed by atoms with Crippen LogP contribution in [0.25, 0.3) is 0 Å². The first-order valence-corrected chi connectivity index (χ1v) is 20.2. The van der Waals surface area contributed by atoms with E-state index in [-0.39, 0.29) is 19.3 Å². The second-order valence-corrected chi connectivity index (χ2v) is 14.1. The van der Waals surface area contributed by atoms with E-state index in [1.54, 1.807) is 12.2 Å². The number of phosphoric ester groups is 1. The van der Waals surface area contributed by atoms with Crippen molar-refractivity contribution in [3.05, 3.63) is 72.9 Å². The molecule has 0 fully saturated rings. The second-order valence-electron chi connectivity index (χ2n) is 12.9. The number of phosphoric acid groups is 1. The van der Waals surface area contributed by atoms with E-state index in [2.05, 4.69) is 73.9 Å². The van der Waals surface area contributed by atoms with Crippen LogP contribution in [-0.4, -0.2) is 52.3 Å². The fraction of sp³-hybridized carbons (Fsp3) is 0.650. The molecule has 0 amide bonds. The van der Waals surface area contributed by atoms with Gasteiger partial charge in [-0.15, -0.1) is 0 Å². The Morgan fingerprint density at radius 3 is 1.70 bits per heavy atom. The molecular formula is C40H67O9P. The zero-order valence-electron chi connectivity index (χ0n) is 31.0. The smallest absolute Gasteiger partial charge is 0.462 e. The van der Waals surface area contributed by atoms with Gasteiger partial charge in [0.15, 0.2) is 6.10 Å². The standard InChI is InChI=1S/C40H67O9P/c1-4-5-6-7-8-9-10-11-12-13-14-15-18-21-24-27-30-37(41)32-33-39(42)47-34-38(35-48-50(44,45)46)49-40(43)31-28-25-22-19-16-17-20-23-26-29-36(2)3/h5-6,8-9,11-12,14-15,21,24,27,30,36-38,41H,4,7,10,13,16-20,22-23,25-26,28-29,31-35H2,1-3H3,(H2,44,45,46)/b6-5-,9-8-,12-11-,15-14-,24-21-,30-27-/t37?,38-/m1/s1. The summed E-state index contributed by atoms with van der Waals surface area (Å²) in [5, 5.41) is 10.2. The van der Waals surface area contributed by atoms with Gasteiger partial charge in [-0.1, -0.05) is 151 Å². The average Bonchev–Trinajstić information content (AvgIpc) is 3.06. The van der Waals surface area contributed by atoms with Gasteiger partial charge in [0.1, 0.15) is 6.61 Å². The van der Waals surface area contributed by atoms with Gasteiger partial charge in [0.2, 0.25) is 0 Å². The molecule has 0 aliphatic carbocycles. The van der Waals surface area contributed by atoms with E-state index >= 15 is 0 Å². The summed E-state index contributed by atoms with van der Waals surface area (Å²) in [5.74, 6) is -0.406. The molecule has 286 valence electrons. The lowest BCUT2D eigenvalue weighted by Gasteiger charge is -2.18. The maximum absolute atomic E-state index is 12.3. The Hall–Kier alpha value is -2.55. The quantitative estimate of drug-likeness (QED) is 0.0203. The van der Waals surface area contributed by atoms with E-state index in [1.165, 1.54) is 38.5 Å². The molecule has 0 heterocycles. The third-order valence-electron chi connectivity index (χ3n) is 7.54. The number of unbranched alkanes of at least 4 members (excludes halogenated alkanes) is 8. The van der Waals surface area contributed by atoms with Crippen LogP contribution >= 0.6 is 7.82 Å². The molecule has 50 heavy (non-hydrogen) atoms. The van der Waals surface area contributed by atoms with Gasteiger partial charge in [0, 0.05) is 12.8 Å². The monoisotopic (exact) mass is 722 g/mol. The average molecular weight is 723 g/mol. The predicted molar refractivity (Wildman–Crippen MR) is 203 cm³/mol.